The second kappa shape index (κ2) is 7.38. The standard InChI is InChI=1S/C15H32N2/c1-6-14-7-8-15(11-14)16-9-10-17(12(2)3)13(4)5/h12-16H,6-11H2,1-5H3. The second-order valence-electron chi connectivity index (χ2n) is 6.16. The van der Waals surface area contributed by atoms with Crippen LogP contribution in [0.25, 0.3) is 0 Å². The van der Waals surface area contributed by atoms with E-state index in [9.17, 15) is 0 Å². The van der Waals surface area contributed by atoms with Crippen molar-refractivity contribution in [2.75, 3.05) is 13.1 Å². The molecule has 2 atom stereocenters. The molecule has 0 amide bonds. The first-order valence-electron chi connectivity index (χ1n) is 7.53. The average molecular weight is 240 g/mol. The predicted octanol–water partition coefficient (Wildman–Crippen LogP) is 3.27. The zero-order chi connectivity index (χ0) is 12.8. The van der Waals surface area contributed by atoms with Gasteiger partial charge in [0.15, 0.2) is 0 Å². The third kappa shape index (κ3) is 4.97. The summed E-state index contributed by atoms with van der Waals surface area (Å²) >= 11 is 0. The number of hydrogen-bond acceptors (Lipinski definition) is 2. The molecule has 1 aliphatic carbocycles. The SMILES string of the molecule is CCC1CCC(NCCN(C(C)C)C(C)C)C1. The van der Waals surface area contributed by atoms with Crippen molar-refractivity contribution in [1.82, 2.24) is 10.2 Å². The van der Waals surface area contributed by atoms with Gasteiger partial charge in [-0.25, -0.2) is 0 Å². The number of rotatable bonds is 7. The van der Waals surface area contributed by atoms with Crippen LogP contribution < -0.4 is 5.32 Å². The Kier molecular flexibility index (Phi) is 6.50. The lowest BCUT2D eigenvalue weighted by molar-refractivity contribution is 0.174. The van der Waals surface area contributed by atoms with Gasteiger partial charge in [0, 0.05) is 31.2 Å². The summed E-state index contributed by atoms with van der Waals surface area (Å²) in [6, 6.07) is 2.11. The van der Waals surface area contributed by atoms with Crippen LogP contribution in [-0.2, 0) is 0 Å². The second-order valence-corrected chi connectivity index (χ2v) is 6.16. The maximum Gasteiger partial charge on any atom is 0.0112 e. The highest BCUT2D eigenvalue weighted by atomic mass is 15.2. The van der Waals surface area contributed by atoms with Crippen molar-refractivity contribution in [1.29, 1.82) is 0 Å². The van der Waals surface area contributed by atoms with E-state index in [1.165, 1.54) is 32.2 Å². The Morgan fingerprint density at radius 3 is 2.24 bits per heavy atom. The summed E-state index contributed by atoms with van der Waals surface area (Å²) in [5, 5.41) is 3.74. The molecule has 1 aliphatic rings. The van der Waals surface area contributed by atoms with Gasteiger partial charge in [-0.05, 0) is 52.9 Å². The molecule has 0 radical (unpaired) electrons. The fraction of sp³-hybridized carbons (Fsp3) is 1.00. The Bertz CT molecular complexity index is 193. The normalized spacial score (nSPS) is 25.4. The topological polar surface area (TPSA) is 15.3 Å². The van der Waals surface area contributed by atoms with Gasteiger partial charge in [0.25, 0.3) is 0 Å². The Morgan fingerprint density at radius 1 is 1.12 bits per heavy atom. The van der Waals surface area contributed by atoms with E-state index in [0.29, 0.717) is 12.1 Å². The third-order valence-corrected chi connectivity index (χ3v) is 4.25. The molecule has 1 saturated carbocycles. The fourth-order valence-corrected chi connectivity index (χ4v) is 3.14. The van der Waals surface area contributed by atoms with Gasteiger partial charge in [0.1, 0.15) is 0 Å². The van der Waals surface area contributed by atoms with Gasteiger partial charge < -0.3 is 5.32 Å². The van der Waals surface area contributed by atoms with Crippen LogP contribution >= 0.6 is 0 Å². The maximum absolute atomic E-state index is 3.74. The van der Waals surface area contributed by atoms with Crippen LogP contribution in [0.3, 0.4) is 0 Å². The highest BCUT2D eigenvalue weighted by molar-refractivity contribution is 4.80. The number of nitrogens with zero attached hydrogens (tertiary/aromatic N) is 1. The first-order valence-corrected chi connectivity index (χ1v) is 7.53. The molecule has 0 aliphatic heterocycles. The number of nitrogens with one attached hydrogen (secondary N) is 1. The molecule has 1 rings (SSSR count). The molecule has 1 fully saturated rings. The lowest BCUT2D eigenvalue weighted by Gasteiger charge is -2.31. The van der Waals surface area contributed by atoms with Crippen LogP contribution in [0.15, 0.2) is 0 Å². The van der Waals surface area contributed by atoms with Crippen LogP contribution in [0.2, 0.25) is 0 Å². The molecule has 0 spiro atoms. The fourth-order valence-electron chi connectivity index (χ4n) is 3.14. The van der Waals surface area contributed by atoms with E-state index in [4.69, 9.17) is 0 Å². The van der Waals surface area contributed by atoms with Crippen LogP contribution in [0.5, 0.6) is 0 Å². The van der Waals surface area contributed by atoms with Crippen molar-refractivity contribution in [3.63, 3.8) is 0 Å². The summed E-state index contributed by atoms with van der Waals surface area (Å²) in [7, 11) is 0. The Hall–Kier alpha value is -0.0800. The van der Waals surface area contributed by atoms with E-state index in [1.54, 1.807) is 0 Å². The van der Waals surface area contributed by atoms with Crippen LogP contribution in [-0.4, -0.2) is 36.1 Å². The molecule has 0 aromatic heterocycles. The lowest BCUT2D eigenvalue weighted by atomic mass is 10.1. The first kappa shape index (κ1) is 15.0. The molecule has 2 nitrogen and oxygen atoms in total. The van der Waals surface area contributed by atoms with Gasteiger partial charge in [0.05, 0.1) is 0 Å². The van der Waals surface area contributed by atoms with Crippen LogP contribution in [0.1, 0.15) is 60.3 Å². The molecule has 0 aromatic rings. The van der Waals surface area contributed by atoms with E-state index >= 15 is 0 Å². The van der Waals surface area contributed by atoms with E-state index in [1.807, 2.05) is 0 Å². The van der Waals surface area contributed by atoms with E-state index in [0.717, 1.165) is 18.5 Å². The van der Waals surface area contributed by atoms with Crippen molar-refractivity contribution < 1.29 is 0 Å². The summed E-state index contributed by atoms with van der Waals surface area (Å²) in [5.41, 5.74) is 0. The molecular weight excluding hydrogens is 208 g/mol. The minimum atomic E-state index is 0.656. The Morgan fingerprint density at radius 2 is 1.76 bits per heavy atom. The largest absolute Gasteiger partial charge is 0.313 e. The zero-order valence-electron chi connectivity index (χ0n) is 12.5. The Labute approximate surface area is 108 Å². The van der Waals surface area contributed by atoms with Gasteiger partial charge >= 0.3 is 0 Å². The van der Waals surface area contributed by atoms with E-state index in [2.05, 4.69) is 44.8 Å². The zero-order valence-corrected chi connectivity index (χ0v) is 12.5. The molecule has 2 unspecified atom stereocenters. The van der Waals surface area contributed by atoms with E-state index in [-0.39, 0.29) is 0 Å². The molecule has 1 N–H and O–H groups in total. The summed E-state index contributed by atoms with van der Waals surface area (Å²) < 4.78 is 0. The summed E-state index contributed by atoms with van der Waals surface area (Å²) in [4.78, 5) is 2.57. The summed E-state index contributed by atoms with van der Waals surface area (Å²) in [6.45, 7) is 13.8. The van der Waals surface area contributed by atoms with Crippen LogP contribution in [0.4, 0.5) is 0 Å². The number of hydrogen-bond donors (Lipinski definition) is 1. The van der Waals surface area contributed by atoms with Crippen molar-refractivity contribution in [2.24, 2.45) is 5.92 Å². The first-order chi connectivity index (χ1) is 8.04. The van der Waals surface area contributed by atoms with Crippen LogP contribution in [0, 0.1) is 5.92 Å². The molecular formula is C15H32N2. The smallest absolute Gasteiger partial charge is 0.0112 e. The molecule has 2 heteroatoms. The maximum atomic E-state index is 3.74. The highest BCUT2D eigenvalue weighted by Crippen LogP contribution is 2.27. The van der Waals surface area contributed by atoms with Gasteiger partial charge in [-0.15, -0.1) is 0 Å². The minimum absolute atomic E-state index is 0.656. The third-order valence-electron chi connectivity index (χ3n) is 4.25. The average Bonchev–Trinajstić information content (AvgIpc) is 2.71. The lowest BCUT2D eigenvalue weighted by Crippen LogP contribution is -2.43. The predicted molar refractivity (Wildman–Crippen MR) is 76.4 cm³/mol. The van der Waals surface area contributed by atoms with Crippen molar-refractivity contribution >= 4 is 0 Å². The van der Waals surface area contributed by atoms with E-state index < -0.39 is 0 Å². The van der Waals surface area contributed by atoms with Gasteiger partial charge in [-0.3, -0.25) is 4.90 Å². The molecule has 0 heterocycles. The van der Waals surface area contributed by atoms with Crippen molar-refractivity contribution in [3.8, 4) is 0 Å². The monoisotopic (exact) mass is 240 g/mol. The molecule has 0 bridgehead atoms. The molecule has 102 valence electrons. The highest BCUT2D eigenvalue weighted by Gasteiger charge is 2.22. The quantitative estimate of drug-likeness (QED) is 0.735. The van der Waals surface area contributed by atoms with Gasteiger partial charge in [-0.2, -0.15) is 0 Å². The molecule has 0 saturated heterocycles. The van der Waals surface area contributed by atoms with Crippen molar-refractivity contribution in [3.05, 3.63) is 0 Å². The van der Waals surface area contributed by atoms with Crippen molar-refractivity contribution in [2.45, 2.75) is 78.4 Å². The summed E-state index contributed by atoms with van der Waals surface area (Å²) in [6.07, 6.45) is 5.59. The Balaban J connectivity index is 2.18. The molecule has 17 heavy (non-hydrogen) atoms. The summed E-state index contributed by atoms with van der Waals surface area (Å²) in [5.74, 6) is 0.985. The van der Waals surface area contributed by atoms with Gasteiger partial charge in [-0.1, -0.05) is 13.3 Å². The molecule has 0 aromatic carbocycles. The minimum Gasteiger partial charge on any atom is -0.313 e. The van der Waals surface area contributed by atoms with Gasteiger partial charge in [0.2, 0.25) is 0 Å².